The molecule has 1 atom stereocenters. The van der Waals surface area contributed by atoms with Crippen LogP contribution in [0.1, 0.15) is 24.2 Å². The van der Waals surface area contributed by atoms with Gasteiger partial charge in [0, 0.05) is 30.5 Å². The molecular weight excluding hydrogens is 390 g/mol. The highest BCUT2D eigenvalue weighted by Gasteiger charge is 2.30. The maximum absolute atomic E-state index is 13.1. The first-order chi connectivity index (χ1) is 12.9. The fraction of sp³-hybridized carbons (Fsp3) is 0.278. The molecular formula is C18H20ClN3O4S. The molecule has 1 heterocycles. The van der Waals surface area contributed by atoms with Gasteiger partial charge in [-0.05, 0) is 42.3 Å². The van der Waals surface area contributed by atoms with E-state index >= 15 is 0 Å². The number of benzene rings is 1. The molecule has 7 nitrogen and oxygen atoms in total. The first kappa shape index (κ1) is 20.9. The van der Waals surface area contributed by atoms with E-state index in [1.807, 2.05) is 6.92 Å². The van der Waals surface area contributed by atoms with E-state index in [0.29, 0.717) is 23.6 Å². The highest BCUT2D eigenvalue weighted by molar-refractivity contribution is 7.91. The Labute approximate surface area is 163 Å². The van der Waals surface area contributed by atoms with Gasteiger partial charge in [0.05, 0.1) is 4.90 Å². The molecule has 1 aromatic heterocycles. The number of hydrogen-bond acceptors (Lipinski definition) is 5. The van der Waals surface area contributed by atoms with Gasteiger partial charge in [-0.1, -0.05) is 24.6 Å². The predicted molar refractivity (Wildman–Crippen MR) is 102 cm³/mol. The third-order valence-electron chi connectivity index (χ3n) is 3.76. The second-order valence-corrected chi connectivity index (χ2v) is 8.31. The zero-order chi connectivity index (χ0) is 19.9. The van der Waals surface area contributed by atoms with Gasteiger partial charge in [-0.2, -0.15) is 0 Å². The van der Waals surface area contributed by atoms with Crippen molar-refractivity contribution >= 4 is 33.3 Å². The van der Waals surface area contributed by atoms with Gasteiger partial charge in [-0.15, -0.1) is 0 Å². The highest BCUT2D eigenvalue weighted by atomic mass is 35.5. The maximum atomic E-state index is 13.1. The third kappa shape index (κ3) is 5.51. The van der Waals surface area contributed by atoms with E-state index in [9.17, 15) is 18.0 Å². The van der Waals surface area contributed by atoms with Crippen LogP contribution in [0.15, 0.2) is 53.7 Å². The summed E-state index contributed by atoms with van der Waals surface area (Å²) in [5.41, 5.74) is 0.404. The molecule has 0 aliphatic rings. The van der Waals surface area contributed by atoms with Crippen molar-refractivity contribution in [2.45, 2.75) is 23.5 Å². The van der Waals surface area contributed by atoms with Crippen LogP contribution >= 0.6 is 11.6 Å². The number of carbonyl (C=O) groups is 2. The molecule has 27 heavy (non-hydrogen) atoms. The van der Waals surface area contributed by atoms with Gasteiger partial charge in [0.2, 0.25) is 0 Å². The van der Waals surface area contributed by atoms with E-state index in [-0.39, 0.29) is 11.4 Å². The standard InChI is InChI=1S/C18H20ClN3O4S/c1-2-9-21-17(23)18(24)22-12-16(13-4-3-10-20-11-13)27(25,26)15-7-5-14(19)6-8-15/h3-8,10-11,16H,2,9,12H2,1H3,(H,21,23)(H,22,24)/t16-/m1/s1. The molecule has 1 aromatic carbocycles. The molecule has 2 aromatic rings. The van der Waals surface area contributed by atoms with E-state index in [4.69, 9.17) is 11.6 Å². The Morgan fingerprint density at radius 2 is 1.78 bits per heavy atom. The summed E-state index contributed by atoms with van der Waals surface area (Å²) in [6.45, 7) is 1.95. The summed E-state index contributed by atoms with van der Waals surface area (Å²) in [4.78, 5) is 27.7. The van der Waals surface area contributed by atoms with E-state index in [1.54, 1.807) is 12.1 Å². The van der Waals surface area contributed by atoms with E-state index in [2.05, 4.69) is 15.6 Å². The molecule has 0 radical (unpaired) electrons. The molecule has 0 bridgehead atoms. The first-order valence-electron chi connectivity index (χ1n) is 8.31. The number of amides is 2. The first-order valence-corrected chi connectivity index (χ1v) is 10.2. The van der Waals surface area contributed by atoms with Crippen LogP contribution < -0.4 is 10.6 Å². The predicted octanol–water partition coefficient (Wildman–Crippen LogP) is 1.89. The number of aromatic nitrogens is 1. The third-order valence-corrected chi connectivity index (χ3v) is 6.13. The van der Waals surface area contributed by atoms with Crippen molar-refractivity contribution in [2.75, 3.05) is 13.1 Å². The van der Waals surface area contributed by atoms with Gasteiger partial charge in [0.25, 0.3) is 0 Å². The minimum absolute atomic E-state index is 0.0606. The summed E-state index contributed by atoms with van der Waals surface area (Å²) in [6, 6.07) is 8.97. The summed E-state index contributed by atoms with van der Waals surface area (Å²) in [7, 11) is -3.85. The highest BCUT2D eigenvalue weighted by Crippen LogP contribution is 2.28. The SMILES string of the molecule is CCCNC(=O)C(=O)NC[C@H](c1cccnc1)S(=O)(=O)c1ccc(Cl)cc1. The molecule has 0 aliphatic heterocycles. The summed E-state index contributed by atoms with van der Waals surface area (Å²) in [5.74, 6) is -1.69. The Morgan fingerprint density at radius 3 is 2.37 bits per heavy atom. The molecule has 2 amide bonds. The van der Waals surface area contributed by atoms with Crippen LogP contribution in [0.25, 0.3) is 0 Å². The molecule has 0 fully saturated rings. The Morgan fingerprint density at radius 1 is 1.11 bits per heavy atom. The quantitative estimate of drug-likeness (QED) is 0.679. The lowest BCUT2D eigenvalue weighted by molar-refractivity contribution is -0.139. The second kappa shape index (κ2) is 9.48. The van der Waals surface area contributed by atoms with E-state index in [1.165, 1.54) is 36.7 Å². The Kier molecular flexibility index (Phi) is 7.32. The van der Waals surface area contributed by atoms with Crippen molar-refractivity contribution in [3.05, 3.63) is 59.4 Å². The zero-order valence-corrected chi connectivity index (χ0v) is 16.3. The number of nitrogens with zero attached hydrogens (tertiary/aromatic N) is 1. The van der Waals surface area contributed by atoms with E-state index in [0.717, 1.165) is 0 Å². The van der Waals surface area contributed by atoms with Crippen LogP contribution in [0.2, 0.25) is 5.02 Å². The number of halogens is 1. The second-order valence-electron chi connectivity index (χ2n) is 5.74. The van der Waals surface area contributed by atoms with Crippen molar-refractivity contribution in [2.24, 2.45) is 0 Å². The molecule has 0 saturated heterocycles. The Balaban J connectivity index is 2.26. The van der Waals surface area contributed by atoms with Gasteiger partial charge in [-0.3, -0.25) is 14.6 Å². The lowest BCUT2D eigenvalue weighted by atomic mass is 10.2. The van der Waals surface area contributed by atoms with Gasteiger partial charge in [0.15, 0.2) is 9.84 Å². The van der Waals surface area contributed by atoms with Crippen LogP contribution in [0, 0.1) is 0 Å². The fourth-order valence-corrected chi connectivity index (χ4v) is 4.12. The van der Waals surface area contributed by atoms with Crippen LogP contribution in [-0.4, -0.2) is 38.3 Å². The van der Waals surface area contributed by atoms with Crippen LogP contribution in [0.4, 0.5) is 0 Å². The summed E-state index contributed by atoms with van der Waals surface area (Å²) in [6.07, 6.45) is 3.62. The van der Waals surface area contributed by atoms with E-state index < -0.39 is 26.9 Å². The lowest BCUT2D eigenvalue weighted by Crippen LogP contribution is -2.42. The molecule has 9 heteroatoms. The molecule has 0 spiro atoms. The summed E-state index contributed by atoms with van der Waals surface area (Å²) >= 11 is 5.83. The fourth-order valence-electron chi connectivity index (χ4n) is 2.35. The van der Waals surface area contributed by atoms with Crippen molar-refractivity contribution in [3.63, 3.8) is 0 Å². The molecule has 2 N–H and O–H groups in total. The van der Waals surface area contributed by atoms with Crippen molar-refractivity contribution in [1.29, 1.82) is 0 Å². The van der Waals surface area contributed by atoms with Gasteiger partial charge in [0.1, 0.15) is 5.25 Å². The number of nitrogens with one attached hydrogen (secondary N) is 2. The van der Waals surface area contributed by atoms with Crippen LogP contribution in [0.5, 0.6) is 0 Å². The topological polar surface area (TPSA) is 105 Å². The lowest BCUT2D eigenvalue weighted by Gasteiger charge is -2.18. The minimum atomic E-state index is -3.85. The Hall–Kier alpha value is -2.45. The number of hydrogen-bond donors (Lipinski definition) is 2. The van der Waals surface area contributed by atoms with Crippen molar-refractivity contribution < 1.29 is 18.0 Å². The maximum Gasteiger partial charge on any atom is 0.309 e. The number of carbonyl (C=O) groups excluding carboxylic acids is 2. The van der Waals surface area contributed by atoms with Crippen molar-refractivity contribution in [3.8, 4) is 0 Å². The number of sulfone groups is 1. The summed E-state index contributed by atoms with van der Waals surface area (Å²) < 4.78 is 26.2. The zero-order valence-electron chi connectivity index (χ0n) is 14.7. The largest absolute Gasteiger partial charge is 0.348 e. The van der Waals surface area contributed by atoms with Crippen molar-refractivity contribution in [1.82, 2.24) is 15.6 Å². The minimum Gasteiger partial charge on any atom is -0.348 e. The number of pyridine rings is 1. The molecule has 0 unspecified atom stereocenters. The molecule has 2 rings (SSSR count). The average molecular weight is 410 g/mol. The van der Waals surface area contributed by atoms with Crippen LogP contribution in [0.3, 0.4) is 0 Å². The summed E-state index contributed by atoms with van der Waals surface area (Å²) in [5, 5.41) is 4.15. The van der Waals surface area contributed by atoms with Gasteiger partial charge in [-0.25, -0.2) is 8.42 Å². The van der Waals surface area contributed by atoms with Gasteiger partial charge >= 0.3 is 11.8 Å². The monoisotopic (exact) mass is 409 g/mol. The molecule has 0 aliphatic carbocycles. The average Bonchev–Trinajstić information content (AvgIpc) is 2.67. The molecule has 144 valence electrons. The molecule has 0 saturated carbocycles. The normalized spacial score (nSPS) is 12.2. The smallest absolute Gasteiger partial charge is 0.309 e. The number of rotatable bonds is 7. The van der Waals surface area contributed by atoms with Gasteiger partial charge < -0.3 is 10.6 Å². The Bertz CT molecular complexity index is 887. The van der Waals surface area contributed by atoms with Crippen LogP contribution in [-0.2, 0) is 19.4 Å².